The van der Waals surface area contributed by atoms with Crippen molar-refractivity contribution in [3.8, 4) is 11.5 Å². The number of hydrogen-bond acceptors (Lipinski definition) is 6. The molecule has 144 valence electrons. The number of fused-ring (bicyclic) bond motifs is 3. The molecule has 1 heterocycles. The number of carbonyl (C=O) groups excluding carboxylic acids is 2. The van der Waals surface area contributed by atoms with E-state index < -0.39 is 11.9 Å². The maximum Gasteiger partial charge on any atom is 0.335 e. The quantitative estimate of drug-likeness (QED) is 0.236. The average molecular weight is 396 g/mol. The van der Waals surface area contributed by atoms with Crippen molar-refractivity contribution in [2.75, 3.05) is 13.7 Å². The lowest BCUT2D eigenvalue weighted by atomic mass is 10.1. The number of methoxy groups -OCH3 is 1. The molecule has 2 aromatic carbocycles. The molecule has 0 radical (unpaired) electrons. The minimum atomic E-state index is -0.488. The predicted molar refractivity (Wildman–Crippen MR) is 111 cm³/mol. The topological polar surface area (TPSA) is 61.8 Å². The third-order valence-corrected chi connectivity index (χ3v) is 5.41. The van der Waals surface area contributed by atoms with E-state index in [9.17, 15) is 9.59 Å². The van der Waals surface area contributed by atoms with Crippen molar-refractivity contribution in [2.24, 2.45) is 0 Å². The summed E-state index contributed by atoms with van der Waals surface area (Å²) in [5, 5.41) is 2.16. The van der Waals surface area contributed by atoms with E-state index >= 15 is 0 Å². The summed E-state index contributed by atoms with van der Waals surface area (Å²) in [4.78, 5) is 22.6. The molecule has 0 aliphatic heterocycles. The lowest BCUT2D eigenvalue weighted by Gasteiger charge is -2.10. The smallest absolute Gasteiger partial charge is 0.335 e. The first-order valence-electron chi connectivity index (χ1n) is 8.73. The van der Waals surface area contributed by atoms with Crippen LogP contribution in [0.15, 0.2) is 55.6 Å². The predicted octanol–water partition coefficient (Wildman–Crippen LogP) is 4.82. The number of ether oxygens (including phenoxy) is 3. The van der Waals surface area contributed by atoms with Crippen LogP contribution in [0, 0.1) is 0 Å². The van der Waals surface area contributed by atoms with Gasteiger partial charge in [-0.15, -0.1) is 11.3 Å². The third kappa shape index (κ3) is 4.07. The van der Waals surface area contributed by atoms with E-state index in [0.717, 1.165) is 50.1 Å². The third-order valence-electron chi connectivity index (χ3n) is 4.24. The SMILES string of the molecule is C=CC(=O)OCCCc1ccc2c(sc3cc(OC(=O)C=C)ccc32)c1OC. The Labute approximate surface area is 166 Å². The molecule has 3 rings (SSSR count). The summed E-state index contributed by atoms with van der Waals surface area (Å²) in [5.74, 6) is 0.392. The van der Waals surface area contributed by atoms with E-state index in [2.05, 4.69) is 19.2 Å². The van der Waals surface area contributed by atoms with Crippen LogP contribution in [0.25, 0.3) is 20.2 Å². The second-order valence-electron chi connectivity index (χ2n) is 6.00. The second kappa shape index (κ2) is 8.71. The maximum absolute atomic E-state index is 11.4. The van der Waals surface area contributed by atoms with Gasteiger partial charge in [-0.25, -0.2) is 9.59 Å². The molecule has 3 aromatic rings. The highest BCUT2D eigenvalue weighted by atomic mass is 32.1. The minimum Gasteiger partial charge on any atom is -0.495 e. The Bertz CT molecular complexity index is 1060. The van der Waals surface area contributed by atoms with Crippen LogP contribution in [0.3, 0.4) is 0 Å². The Morgan fingerprint density at radius 1 is 1.07 bits per heavy atom. The van der Waals surface area contributed by atoms with Crippen molar-refractivity contribution < 1.29 is 23.8 Å². The number of hydrogen-bond donors (Lipinski definition) is 0. The molecule has 5 nitrogen and oxygen atoms in total. The molecular weight excluding hydrogens is 376 g/mol. The van der Waals surface area contributed by atoms with E-state index in [1.54, 1.807) is 24.5 Å². The largest absolute Gasteiger partial charge is 0.495 e. The van der Waals surface area contributed by atoms with E-state index in [0.29, 0.717) is 18.8 Å². The molecular formula is C22H20O5S. The van der Waals surface area contributed by atoms with Crippen molar-refractivity contribution in [3.63, 3.8) is 0 Å². The molecule has 6 heteroatoms. The summed E-state index contributed by atoms with van der Waals surface area (Å²) in [7, 11) is 1.65. The monoisotopic (exact) mass is 396 g/mol. The van der Waals surface area contributed by atoms with Gasteiger partial charge >= 0.3 is 11.9 Å². The molecule has 0 fully saturated rings. The number of carbonyl (C=O) groups is 2. The van der Waals surface area contributed by atoms with Crippen LogP contribution in [-0.4, -0.2) is 25.7 Å². The van der Waals surface area contributed by atoms with E-state index in [-0.39, 0.29) is 0 Å². The number of esters is 2. The van der Waals surface area contributed by atoms with Crippen LogP contribution in [0.4, 0.5) is 0 Å². The normalized spacial score (nSPS) is 10.6. The van der Waals surface area contributed by atoms with Crippen LogP contribution >= 0.6 is 11.3 Å². The highest BCUT2D eigenvalue weighted by Crippen LogP contribution is 2.42. The Morgan fingerprint density at radius 3 is 2.54 bits per heavy atom. The molecule has 0 saturated carbocycles. The molecule has 0 saturated heterocycles. The van der Waals surface area contributed by atoms with Crippen LogP contribution in [0.2, 0.25) is 0 Å². The Morgan fingerprint density at radius 2 is 1.82 bits per heavy atom. The summed E-state index contributed by atoms with van der Waals surface area (Å²) >= 11 is 1.58. The van der Waals surface area contributed by atoms with E-state index in [1.807, 2.05) is 18.2 Å². The summed E-state index contributed by atoms with van der Waals surface area (Å²) < 4.78 is 18.0. The van der Waals surface area contributed by atoms with Crippen LogP contribution in [0.1, 0.15) is 12.0 Å². The zero-order valence-corrected chi connectivity index (χ0v) is 16.3. The molecule has 0 N–H and O–H groups in total. The number of rotatable bonds is 8. The number of benzene rings is 2. The van der Waals surface area contributed by atoms with E-state index in [4.69, 9.17) is 14.2 Å². The highest BCUT2D eigenvalue weighted by Gasteiger charge is 2.14. The van der Waals surface area contributed by atoms with Gasteiger partial charge < -0.3 is 14.2 Å². The molecule has 0 atom stereocenters. The zero-order chi connectivity index (χ0) is 20.1. The molecule has 1 aromatic heterocycles. The Balaban J connectivity index is 1.90. The fraction of sp³-hybridized carbons (Fsp3) is 0.182. The standard InChI is InChI=1S/C22H20O5S/c1-4-19(23)26-12-6-7-14-8-10-17-16-11-9-15(27-20(24)5-2)13-18(16)28-22(17)21(14)25-3/h4-5,8-11,13H,1-2,6-7,12H2,3H3. The van der Waals surface area contributed by atoms with Crippen LogP contribution in [-0.2, 0) is 20.7 Å². The van der Waals surface area contributed by atoms with Gasteiger partial charge in [0.15, 0.2) is 0 Å². The van der Waals surface area contributed by atoms with Crippen molar-refractivity contribution >= 4 is 43.4 Å². The maximum atomic E-state index is 11.4. The molecule has 0 bridgehead atoms. The Hall–Kier alpha value is -3.12. The van der Waals surface area contributed by atoms with Gasteiger partial charge in [-0.3, -0.25) is 0 Å². The first-order valence-corrected chi connectivity index (χ1v) is 9.54. The molecule has 0 spiro atoms. The van der Waals surface area contributed by atoms with Gasteiger partial charge in [-0.2, -0.15) is 0 Å². The van der Waals surface area contributed by atoms with Crippen molar-refractivity contribution in [2.45, 2.75) is 12.8 Å². The number of thiophene rings is 1. The van der Waals surface area contributed by atoms with Crippen molar-refractivity contribution in [1.82, 2.24) is 0 Å². The van der Waals surface area contributed by atoms with E-state index in [1.165, 1.54) is 0 Å². The van der Waals surface area contributed by atoms with Gasteiger partial charge in [0.1, 0.15) is 11.5 Å². The van der Waals surface area contributed by atoms with Gasteiger partial charge in [-0.05, 0) is 36.6 Å². The van der Waals surface area contributed by atoms with Gasteiger partial charge in [0.05, 0.1) is 18.4 Å². The van der Waals surface area contributed by atoms with Gasteiger partial charge in [0.25, 0.3) is 0 Å². The second-order valence-corrected chi connectivity index (χ2v) is 7.05. The molecule has 0 aliphatic carbocycles. The highest BCUT2D eigenvalue weighted by molar-refractivity contribution is 7.26. The summed E-state index contributed by atoms with van der Waals surface area (Å²) in [6, 6.07) is 9.65. The summed E-state index contributed by atoms with van der Waals surface area (Å²) in [6.07, 6.45) is 3.70. The van der Waals surface area contributed by atoms with Crippen molar-refractivity contribution in [3.05, 3.63) is 61.2 Å². The van der Waals surface area contributed by atoms with Crippen molar-refractivity contribution in [1.29, 1.82) is 0 Å². The van der Waals surface area contributed by atoms with Crippen LogP contribution < -0.4 is 9.47 Å². The minimum absolute atomic E-state index is 0.330. The zero-order valence-electron chi connectivity index (χ0n) is 15.5. The lowest BCUT2D eigenvalue weighted by Crippen LogP contribution is -2.03. The first-order chi connectivity index (χ1) is 13.6. The lowest BCUT2D eigenvalue weighted by molar-refractivity contribution is -0.137. The summed E-state index contributed by atoms with van der Waals surface area (Å²) in [6.45, 7) is 7.12. The molecule has 0 unspecified atom stereocenters. The molecule has 0 aliphatic rings. The Kier molecular flexibility index (Phi) is 6.11. The molecule has 0 amide bonds. The first kappa shape index (κ1) is 19.6. The molecule has 28 heavy (non-hydrogen) atoms. The van der Waals surface area contributed by atoms with Gasteiger partial charge in [0, 0.05) is 27.6 Å². The average Bonchev–Trinajstić information content (AvgIpc) is 3.08. The fourth-order valence-electron chi connectivity index (χ4n) is 2.97. The summed E-state index contributed by atoms with van der Waals surface area (Å²) in [5.41, 5.74) is 1.05. The number of aryl methyl sites for hydroxylation is 1. The van der Waals surface area contributed by atoms with Gasteiger partial charge in [0.2, 0.25) is 0 Å². The van der Waals surface area contributed by atoms with Crippen LogP contribution in [0.5, 0.6) is 11.5 Å². The van der Waals surface area contributed by atoms with Gasteiger partial charge in [-0.1, -0.05) is 25.3 Å². The fourth-order valence-corrected chi connectivity index (χ4v) is 4.25.